The number of carboxylic acids is 2. The lowest BCUT2D eigenvalue weighted by Crippen LogP contribution is -2.46. The van der Waals surface area contributed by atoms with Crippen molar-refractivity contribution >= 4 is 81.4 Å². The Hall–Kier alpha value is -11.3. The van der Waals surface area contributed by atoms with Crippen LogP contribution in [0.1, 0.15) is 160 Å². The van der Waals surface area contributed by atoms with Gasteiger partial charge in [0.05, 0.1) is 63.6 Å². The van der Waals surface area contributed by atoms with Gasteiger partial charge in [-0.25, -0.2) is 65.5 Å². The summed E-state index contributed by atoms with van der Waals surface area (Å²) in [6.45, 7) is 2.12. The normalized spacial score (nSPS) is 13.7. The Bertz CT molecular complexity index is 5120. The highest BCUT2D eigenvalue weighted by molar-refractivity contribution is 6.34. The molecule has 2 amide bonds. The number of carbonyl (C=O) groups excluding carboxylic acids is 5. The van der Waals surface area contributed by atoms with Gasteiger partial charge >= 0.3 is 30.1 Å². The number of ketones is 1. The minimum absolute atomic E-state index is 0. The first-order chi connectivity index (χ1) is 64.4. The van der Waals surface area contributed by atoms with Crippen molar-refractivity contribution < 1.29 is 98.5 Å². The highest BCUT2D eigenvalue weighted by Gasteiger charge is 2.36. The van der Waals surface area contributed by atoms with Crippen LogP contribution in [-0.4, -0.2) is 251 Å². The number of alkyl carbamates (subject to hydrolysis) is 2. The second-order valence-corrected chi connectivity index (χ2v) is 33.4. The highest BCUT2D eigenvalue weighted by atomic mass is 35.5. The Morgan fingerprint density at radius 3 is 1.24 bits per heavy atom. The molecule has 5 aromatic heterocycles. The van der Waals surface area contributed by atoms with Crippen molar-refractivity contribution in [3.63, 3.8) is 0 Å². The van der Waals surface area contributed by atoms with Crippen molar-refractivity contribution in [2.75, 3.05) is 112 Å². The maximum Gasteiger partial charge on any atom is 0.408 e. The van der Waals surface area contributed by atoms with E-state index < -0.39 is 91.7 Å². The van der Waals surface area contributed by atoms with Gasteiger partial charge in [-0.2, -0.15) is 0 Å². The SMILES string of the molecule is C.CC(=O)[C@H](CC=O)NC(=O)OCc1ccccc1.COCCN(CC[C@H](N)C(=O)O)CC(F)(F)CCc1ccc2c(n1)CCCC2.COCCN(CC[C@H](NC(=O)OCc1ccccc1)C(=O)OC)CC(F)(F)CCc1ccc2c(n1)CCCC2.COCCN(CC[C@H](Nc1ncnc2ccccc12)C(=O)O)CC(F)(F)CCc1ccc2c(n1)CCCC2.Clc1ncnc2ccccc12. The van der Waals surface area contributed by atoms with E-state index in [4.69, 9.17) is 50.9 Å². The number of esters is 1. The Balaban J connectivity index is 0.000000242. The number of ether oxygens (including phenoxy) is 6. The number of aldehydes is 1. The molecule has 9 aromatic rings. The summed E-state index contributed by atoms with van der Waals surface area (Å²) in [5.41, 5.74) is 17.6. The van der Waals surface area contributed by atoms with Gasteiger partial charge in [-0.05, 0) is 193 Å². The van der Waals surface area contributed by atoms with E-state index in [0.717, 1.165) is 116 Å². The van der Waals surface area contributed by atoms with E-state index in [0.29, 0.717) is 58.4 Å². The molecule has 135 heavy (non-hydrogen) atoms. The van der Waals surface area contributed by atoms with Crippen molar-refractivity contribution in [1.82, 2.24) is 60.2 Å². The summed E-state index contributed by atoms with van der Waals surface area (Å²) in [5.74, 6) is -11.6. The zero-order valence-corrected chi connectivity index (χ0v) is 77.5. The number of alkyl halides is 6. The smallest absolute Gasteiger partial charge is 0.408 e. The Labute approximate surface area is 790 Å². The second kappa shape index (κ2) is 58.9. The van der Waals surface area contributed by atoms with Crippen molar-refractivity contribution in [3.05, 3.63) is 225 Å². The van der Waals surface area contributed by atoms with Gasteiger partial charge in [-0.15, -0.1) is 0 Å². The summed E-state index contributed by atoms with van der Waals surface area (Å²) < 4.78 is 120. The minimum Gasteiger partial charge on any atom is -0.480 e. The number of nitrogens with one attached hydrogen (secondary N) is 3. The number of carboxylic acid groups (broad SMARTS) is 2. The molecule has 0 spiro atoms. The number of hydrogen-bond donors (Lipinski definition) is 6. The molecule has 36 heteroatoms. The van der Waals surface area contributed by atoms with Gasteiger partial charge in [0.25, 0.3) is 17.8 Å². The number of benzene rings is 4. The predicted octanol–water partition coefficient (Wildman–Crippen LogP) is 15.4. The van der Waals surface area contributed by atoms with Crippen LogP contribution >= 0.6 is 11.6 Å². The molecule has 29 nitrogen and oxygen atoms in total. The molecule has 4 aromatic carbocycles. The number of nitrogens with zero attached hydrogens (tertiary/aromatic N) is 10. The lowest BCUT2D eigenvalue weighted by atomic mass is 9.95. The Kier molecular flexibility index (Phi) is 48.3. The van der Waals surface area contributed by atoms with Crippen LogP contribution in [0.2, 0.25) is 5.15 Å². The van der Waals surface area contributed by atoms with Crippen LogP contribution < -0.4 is 21.7 Å². The van der Waals surface area contributed by atoms with Gasteiger partial charge in [0.1, 0.15) is 61.3 Å². The molecule has 0 saturated heterocycles. The van der Waals surface area contributed by atoms with Gasteiger partial charge < -0.3 is 65.1 Å². The number of aryl methyl sites for hydroxylation is 9. The summed E-state index contributed by atoms with van der Waals surface area (Å²) in [6, 6.07) is 40.9. The topological polar surface area (TPSA) is 377 Å². The number of halogens is 7. The number of amides is 2. The summed E-state index contributed by atoms with van der Waals surface area (Å²) >= 11 is 5.81. The zero-order valence-electron chi connectivity index (χ0n) is 76.8. The predicted molar refractivity (Wildman–Crippen MR) is 503 cm³/mol. The minimum atomic E-state index is -2.98. The fraction of sp³-hybridized carbons (Fsp3) is 0.495. The molecule has 5 heterocycles. The number of pyridine rings is 3. The molecule has 0 radical (unpaired) electrons. The number of methoxy groups -OCH3 is 4. The lowest BCUT2D eigenvalue weighted by molar-refractivity contribution is -0.143. The first-order valence-corrected chi connectivity index (χ1v) is 45.5. The summed E-state index contributed by atoms with van der Waals surface area (Å²) in [5, 5.41) is 28.6. The molecule has 734 valence electrons. The molecule has 0 fully saturated rings. The lowest BCUT2D eigenvalue weighted by Gasteiger charge is -2.28. The average Bonchev–Trinajstić information content (AvgIpc) is 0.862. The molecule has 3 aliphatic carbocycles. The molecule has 0 saturated carbocycles. The third kappa shape index (κ3) is 40.6. The van der Waals surface area contributed by atoms with Gasteiger partial charge in [-0.3, -0.25) is 39.2 Å². The number of anilines is 1. The number of Topliss-reactive ketones (excluding diaryl/α,β-unsaturated/α-hetero) is 1. The standard InChI is InChI=1S/C29H39F2N3O5.C28H35F2N5O3.C20H31F2N3O3.C13H15NO4.C8H5ClN2.CH4/c1-37-19-18-34(21-29(30,31)16-14-24-13-12-23-10-6-7-11-25(23)32-24)17-15-26(27(35)38-2)33-28(36)39-20-22-8-4-3-5-9-22;1-38-17-16-35(18-28(29,30)14-12-21-11-10-20-6-2-4-8-23(20)33-21)15-13-25(27(36)37)34-26-22-7-3-5-9-24(22)31-19-32-26;1-28-13-12-25(11-9-17(23)19(26)27)14-20(21,22)10-8-16-7-6-15-4-2-3-5-18(15)24-16;1-10(16)12(7-8-15)14-13(17)18-9-11-5-3-2-4-6-11;9-8-6-3-1-2-4-7(6)10-5-11-8;/h3-5,8-9,12-13,26H,6-7,10-11,14-21H2,1-2H3,(H,33,36);3,5,7,9-11,19,25H,2,4,6,8,12-18H2,1H3,(H,36,37)(H,31,32,34);6-7,17H,2-5,8-14,23H2,1H3,(H,26,27);2-6,8,12H,7,9H2,1H3,(H,14,17);1-5H;1H4/t26-;25-;17-;12-;;/m0000../s1. The van der Waals surface area contributed by atoms with E-state index in [1.54, 1.807) is 23.1 Å². The summed E-state index contributed by atoms with van der Waals surface area (Å²) in [7, 11) is 5.72. The molecule has 3 aliphatic rings. The molecule has 0 bridgehead atoms. The second-order valence-electron chi connectivity index (χ2n) is 33.0. The number of nitrogens with two attached hydrogens (primary N) is 1. The Morgan fingerprint density at radius 1 is 0.474 bits per heavy atom. The quantitative estimate of drug-likeness (QED) is 0.00678. The number of hydrogen-bond acceptors (Lipinski definition) is 25. The summed E-state index contributed by atoms with van der Waals surface area (Å²) in [6.07, 6.45) is 14.3. The molecule has 4 atom stereocenters. The maximum absolute atomic E-state index is 15.1. The fourth-order valence-corrected chi connectivity index (χ4v) is 15.3. The van der Waals surface area contributed by atoms with E-state index >= 15 is 17.6 Å². The van der Waals surface area contributed by atoms with Crippen molar-refractivity contribution in [1.29, 1.82) is 0 Å². The van der Waals surface area contributed by atoms with Gasteiger partial charge in [-0.1, -0.05) is 122 Å². The summed E-state index contributed by atoms with van der Waals surface area (Å²) in [4.78, 5) is 115. The third-order valence-corrected chi connectivity index (χ3v) is 23.0. The number of aliphatic carboxylic acids is 2. The zero-order chi connectivity index (χ0) is 96.7. The van der Waals surface area contributed by atoms with Crippen molar-refractivity contribution in [2.24, 2.45) is 5.73 Å². The van der Waals surface area contributed by atoms with Crippen LogP contribution in [0, 0.1) is 0 Å². The van der Waals surface area contributed by atoms with Crippen LogP contribution in [0.15, 0.2) is 158 Å². The molecular weight excluding hydrogens is 1770 g/mol. The van der Waals surface area contributed by atoms with Crippen molar-refractivity contribution in [2.45, 2.75) is 211 Å². The van der Waals surface area contributed by atoms with Crippen LogP contribution in [0.25, 0.3) is 21.8 Å². The first kappa shape index (κ1) is 111. The van der Waals surface area contributed by atoms with Crippen molar-refractivity contribution in [3.8, 4) is 0 Å². The van der Waals surface area contributed by atoms with Crippen LogP contribution in [0.3, 0.4) is 0 Å². The van der Waals surface area contributed by atoms with Crippen LogP contribution in [0.5, 0.6) is 0 Å². The van der Waals surface area contributed by atoms with E-state index in [-0.39, 0.29) is 137 Å². The van der Waals surface area contributed by atoms with E-state index in [2.05, 4.69) is 50.8 Å². The largest absolute Gasteiger partial charge is 0.480 e. The average molecular weight is 1900 g/mol. The monoisotopic (exact) mass is 1900 g/mol. The van der Waals surface area contributed by atoms with E-state index in [1.165, 1.54) is 74.5 Å². The highest BCUT2D eigenvalue weighted by Crippen LogP contribution is 2.31. The number of aromatic nitrogens is 7. The van der Waals surface area contributed by atoms with Crippen LogP contribution in [0.4, 0.5) is 41.7 Å². The Morgan fingerprint density at radius 2 is 0.852 bits per heavy atom. The molecule has 0 aliphatic heterocycles. The number of para-hydroxylation sites is 2. The molecule has 0 unspecified atom stereocenters. The fourth-order valence-electron chi connectivity index (χ4n) is 15.1. The molecule has 7 N–H and O–H groups in total. The maximum atomic E-state index is 15.1. The van der Waals surface area contributed by atoms with Gasteiger partial charge in [0.2, 0.25) is 0 Å². The van der Waals surface area contributed by atoms with Gasteiger partial charge in [0.15, 0.2) is 5.78 Å². The van der Waals surface area contributed by atoms with Crippen LogP contribution in [-0.2, 0) is 123 Å². The van der Waals surface area contributed by atoms with E-state index in [1.807, 2.05) is 127 Å². The third-order valence-electron chi connectivity index (χ3n) is 22.7. The molecule has 12 rings (SSSR count). The number of carbonyl (C=O) groups is 7. The van der Waals surface area contributed by atoms with E-state index in [9.17, 15) is 47.4 Å². The number of rotatable bonds is 47. The first-order valence-electron chi connectivity index (χ1n) is 45.1. The molecular formula is C99H129ClF6N14O15. The number of fused-ring (bicyclic) bond motifs is 5. The van der Waals surface area contributed by atoms with Gasteiger partial charge in [0, 0.05) is 131 Å².